The van der Waals surface area contributed by atoms with Crippen LogP contribution in [0.5, 0.6) is 5.75 Å². The molecule has 1 aromatic heterocycles. The Morgan fingerprint density at radius 1 is 1.36 bits per heavy atom. The van der Waals surface area contributed by atoms with E-state index in [0.717, 1.165) is 31.0 Å². The molecule has 2 atom stereocenters. The second kappa shape index (κ2) is 8.01. The highest BCUT2D eigenvalue weighted by Crippen LogP contribution is 2.50. The van der Waals surface area contributed by atoms with Gasteiger partial charge in [0.15, 0.2) is 0 Å². The lowest BCUT2D eigenvalue weighted by Crippen LogP contribution is -2.08. The van der Waals surface area contributed by atoms with Gasteiger partial charge in [0.05, 0.1) is 6.61 Å². The van der Waals surface area contributed by atoms with Crippen molar-refractivity contribution in [2.75, 3.05) is 18.5 Å². The van der Waals surface area contributed by atoms with Crippen LogP contribution in [0.2, 0.25) is 0 Å². The molecule has 0 saturated heterocycles. The van der Waals surface area contributed by atoms with Gasteiger partial charge in [0.25, 0.3) is 0 Å². The molecule has 1 heterocycles. The van der Waals surface area contributed by atoms with Crippen LogP contribution >= 0.6 is 0 Å². The molecular formula is C20H24N2O3. The van der Waals surface area contributed by atoms with Gasteiger partial charge in [-0.2, -0.15) is 0 Å². The maximum atomic E-state index is 10.8. The summed E-state index contributed by atoms with van der Waals surface area (Å²) in [6.07, 6.45) is 3.91. The Labute approximate surface area is 148 Å². The smallest absolute Gasteiger partial charge is 0.303 e. The third-order valence-corrected chi connectivity index (χ3v) is 4.56. The van der Waals surface area contributed by atoms with E-state index in [1.54, 1.807) is 6.20 Å². The van der Waals surface area contributed by atoms with Crippen molar-refractivity contribution >= 4 is 11.8 Å². The van der Waals surface area contributed by atoms with Gasteiger partial charge < -0.3 is 15.2 Å². The Morgan fingerprint density at radius 3 is 2.96 bits per heavy atom. The van der Waals surface area contributed by atoms with Crippen LogP contribution in [-0.2, 0) is 4.79 Å². The van der Waals surface area contributed by atoms with E-state index in [4.69, 9.17) is 9.84 Å². The van der Waals surface area contributed by atoms with Crippen LogP contribution in [0.3, 0.4) is 0 Å². The van der Waals surface area contributed by atoms with E-state index in [1.165, 1.54) is 11.1 Å². The van der Waals surface area contributed by atoms with Crippen LogP contribution in [0.15, 0.2) is 42.6 Å². The molecule has 5 nitrogen and oxygen atoms in total. The fourth-order valence-electron chi connectivity index (χ4n) is 3.18. The lowest BCUT2D eigenvalue weighted by Gasteiger charge is -2.11. The van der Waals surface area contributed by atoms with E-state index in [0.29, 0.717) is 18.4 Å². The standard InChI is InChI=1S/C20H24N2O3/c1-14-11-16(6-7-17(14)18-12-15(18)13-20(23)24)25-10-4-9-22-19-5-2-3-8-21-19/h2-3,5-8,11,15,18H,4,9-10,12-13H2,1H3,(H,21,22)(H,23,24). The number of pyridine rings is 1. The number of carboxylic acid groups (broad SMARTS) is 1. The number of carbonyl (C=O) groups is 1. The number of carboxylic acids is 1. The van der Waals surface area contributed by atoms with Crippen molar-refractivity contribution in [3.63, 3.8) is 0 Å². The van der Waals surface area contributed by atoms with Crippen molar-refractivity contribution in [1.82, 2.24) is 4.98 Å². The summed E-state index contributed by atoms with van der Waals surface area (Å²) in [5, 5.41) is 12.1. The van der Waals surface area contributed by atoms with Gasteiger partial charge in [0, 0.05) is 19.2 Å². The zero-order valence-corrected chi connectivity index (χ0v) is 14.4. The first kappa shape index (κ1) is 17.3. The zero-order chi connectivity index (χ0) is 17.6. The maximum Gasteiger partial charge on any atom is 0.303 e. The molecule has 1 fully saturated rings. The Hall–Kier alpha value is -2.56. The lowest BCUT2D eigenvalue weighted by molar-refractivity contribution is -0.137. The Bertz CT molecular complexity index is 718. The molecule has 0 radical (unpaired) electrons. The average Bonchev–Trinajstić information content (AvgIpc) is 3.33. The summed E-state index contributed by atoms with van der Waals surface area (Å²) in [5.41, 5.74) is 2.44. The van der Waals surface area contributed by atoms with Gasteiger partial charge in [0.1, 0.15) is 11.6 Å². The summed E-state index contributed by atoms with van der Waals surface area (Å²) in [5.74, 6) is 1.73. The number of aliphatic carboxylic acids is 1. The van der Waals surface area contributed by atoms with Crippen molar-refractivity contribution in [2.24, 2.45) is 5.92 Å². The maximum absolute atomic E-state index is 10.8. The second-order valence-corrected chi connectivity index (χ2v) is 6.56. The summed E-state index contributed by atoms with van der Waals surface area (Å²) in [7, 11) is 0. The monoisotopic (exact) mass is 340 g/mol. The first-order valence-electron chi connectivity index (χ1n) is 8.73. The Morgan fingerprint density at radius 2 is 2.24 bits per heavy atom. The molecule has 2 unspecified atom stereocenters. The molecule has 1 aromatic carbocycles. The van der Waals surface area contributed by atoms with Gasteiger partial charge in [-0.15, -0.1) is 0 Å². The molecule has 1 aliphatic rings. The zero-order valence-electron chi connectivity index (χ0n) is 14.4. The van der Waals surface area contributed by atoms with E-state index in [1.807, 2.05) is 24.3 Å². The first-order valence-corrected chi connectivity index (χ1v) is 8.73. The van der Waals surface area contributed by atoms with Crippen molar-refractivity contribution in [2.45, 2.75) is 32.1 Å². The minimum absolute atomic E-state index is 0.269. The first-order chi connectivity index (χ1) is 12.1. The highest BCUT2D eigenvalue weighted by molar-refractivity contribution is 5.68. The topological polar surface area (TPSA) is 71.5 Å². The summed E-state index contributed by atoms with van der Waals surface area (Å²) in [6, 6.07) is 11.9. The third-order valence-electron chi connectivity index (χ3n) is 4.56. The highest BCUT2D eigenvalue weighted by Gasteiger charge is 2.40. The number of nitrogens with one attached hydrogen (secondary N) is 1. The van der Waals surface area contributed by atoms with E-state index < -0.39 is 5.97 Å². The van der Waals surface area contributed by atoms with Gasteiger partial charge in [-0.1, -0.05) is 12.1 Å². The Balaban J connectivity index is 1.42. The highest BCUT2D eigenvalue weighted by atomic mass is 16.5. The number of hydrogen-bond acceptors (Lipinski definition) is 4. The molecule has 0 amide bonds. The number of ether oxygens (including phenoxy) is 1. The number of nitrogens with zero attached hydrogens (tertiary/aromatic N) is 1. The lowest BCUT2D eigenvalue weighted by atomic mass is 10.0. The van der Waals surface area contributed by atoms with Crippen LogP contribution in [0.4, 0.5) is 5.82 Å². The minimum Gasteiger partial charge on any atom is -0.494 e. The quantitative estimate of drug-likeness (QED) is 0.679. The predicted molar refractivity (Wildman–Crippen MR) is 97.1 cm³/mol. The Kier molecular flexibility index (Phi) is 5.53. The fraction of sp³-hybridized carbons (Fsp3) is 0.400. The molecule has 2 aromatic rings. The number of benzene rings is 1. The molecule has 0 spiro atoms. The largest absolute Gasteiger partial charge is 0.494 e. The van der Waals surface area contributed by atoms with Crippen molar-refractivity contribution in [3.8, 4) is 5.75 Å². The van der Waals surface area contributed by atoms with Crippen molar-refractivity contribution < 1.29 is 14.6 Å². The fourth-order valence-corrected chi connectivity index (χ4v) is 3.18. The average molecular weight is 340 g/mol. The van der Waals surface area contributed by atoms with Crippen molar-refractivity contribution in [1.29, 1.82) is 0 Å². The number of aromatic nitrogens is 1. The van der Waals surface area contributed by atoms with Crippen molar-refractivity contribution in [3.05, 3.63) is 53.7 Å². The van der Waals surface area contributed by atoms with Gasteiger partial charge in [-0.05, 0) is 67.0 Å². The second-order valence-electron chi connectivity index (χ2n) is 6.56. The van der Waals surface area contributed by atoms with Crippen LogP contribution in [0.1, 0.15) is 36.3 Å². The van der Waals surface area contributed by atoms with Crippen LogP contribution in [0, 0.1) is 12.8 Å². The number of aryl methyl sites for hydroxylation is 1. The molecule has 1 saturated carbocycles. The van der Waals surface area contributed by atoms with Crippen LogP contribution in [0.25, 0.3) is 0 Å². The van der Waals surface area contributed by atoms with E-state index in [-0.39, 0.29) is 6.42 Å². The number of anilines is 1. The van der Waals surface area contributed by atoms with Crippen LogP contribution < -0.4 is 10.1 Å². The van der Waals surface area contributed by atoms with E-state index in [9.17, 15) is 4.79 Å². The van der Waals surface area contributed by atoms with Gasteiger partial charge >= 0.3 is 5.97 Å². The summed E-state index contributed by atoms with van der Waals surface area (Å²) in [4.78, 5) is 15.0. The molecule has 3 rings (SSSR count). The van der Waals surface area contributed by atoms with Gasteiger partial charge in [0.2, 0.25) is 0 Å². The molecule has 5 heteroatoms. The number of hydrogen-bond donors (Lipinski definition) is 2. The molecular weight excluding hydrogens is 316 g/mol. The van der Waals surface area contributed by atoms with Gasteiger partial charge in [-0.3, -0.25) is 4.79 Å². The van der Waals surface area contributed by atoms with E-state index in [2.05, 4.69) is 29.4 Å². The minimum atomic E-state index is -0.704. The number of rotatable bonds is 9. The molecule has 2 N–H and O–H groups in total. The van der Waals surface area contributed by atoms with E-state index >= 15 is 0 Å². The predicted octanol–water partition coefficient (Wildman–Crippen LogP) is 3.85. The molecule has 25 heavy (non-hydrogen) atoms. The summed E-state index contributed by atoms with van der Waals surface area (Å²) in [6.45, 7) is 3.53. The summed E-state index contributed by atoms with van der Waals surface area (Å²) >= 11 is 0. The molecule has 132 valence electrons. The molecule has 0 aliphatic heterocycles. The summed E-state index contributed by atoms with van der Waals surface area (Å²) < 4.78 is 5.82. The SMILES string of the molecule is Cc1cc(OCCCNc2ccccn2)ccc1C1CC1CC(=O)O. The third kappa shape index (κ3) is 4.95. The molecule has 1 aliphatic carbocycles. The molecule has 0 bridgehead atoms. The normalized spacial score (nSPS) is 18.6. The van der Waals surface area contributed by atoms with Crippen LogP contribution in [-0.4, -0.2) is 29.2 Å². The van der Waals surface area contributed by atoms with Gasteiger partial charge in [-0.25, -0.2) is 4.98 Å².